The lowest BCUT2D eigenvalue weighted by molar-refractivity contribution is -0.132. The number of nitrogens with zero attached hydrogens (tertiary/aromatic N) is 3. The summed E-state index contributed by atoms with van der Waals surface area (Å²) >= 11 is 0. The summed E-state index contributed by atoms with van der Waals surface area (Å²) in [5.74, 6) is 0.151. The lowest BCUT2D eigenvalue weighted by Crippen LogP contribution is -2.37. The number of carbonyl (C=O) groups excluding carboxylic acids is 1. The molecule has 1 aliphatic heterocycles. The highest BCUT2D eigenvalue weighted by Crippen LogP contribution is 2.22. The van der Waals surface area contributed by atoms with Crippen molar-refractivity contribution < 1.29 is 9.90 Å². The summed E-state index contributed by atoms with van der Waals surface area (Å²) in [5, 5.41) is 8.96. The van der Waals surface area contributed by atoms with Crippen molar-refractivity contribution in [1.29, 1.82) is 0 Å². The van der Waals surface area contributed by atoms with Gasteiger partial charge in [-0.2, -0.15) is 0 Å². The fourth-order valence-corrected chi connectivity index (χ4v) is 3.16. The third-order valence-corrected chi connectivity index (χ3v) is 4.23. The van der Waals surface area contributed by atoms with Crippen molar-refractivity contribution in [2.24, 2.45) is 0 Å². The van der Waals surface area contributed by atoms with Crippen molar-refractivity contribution in [3.63, 3.8) is 0 Å². The summed E-state index contributed by atoms with van der Waals surface area (Å²) in [4.78, 5) is 18.8. The molecule has 3 rings (SSSR count). The molecule has 0 bridgehead atoms. The fraction of sp³-hybridized carbons (Fsp3) is 0.500. The van der Waals surface area contributed by atoms with Gasteiger partial charge >= 0.3 is 0 Å². The summed E-state index contributed by atoms with van der Waals surface area (Å²) in [7, 11) is 0. The Kier molecular flexibility index (Phi) is 4.20. The zero-order valence-corrected chi connectivity index (χ0v) is 12.1. The van der Waals surface area contributed by atoms with Gasteiger partial charge in [-0.25, -0.2) is 4.98 Å². The lowest BCUT2D eigenvalue weighted by atomic mass is 10.1. The molecule has 2 heterocycles. The van der Waals surface area contributed by atoms with Crippen LogP contribution in [0.3, 0.4) is 0 Å². The van der Waals surface area contributed by atoms with Gasteiger partial charge in [0.2, 0.25) is 5.91 Å². The van der Waals surface area contributed by atoms with Gasteiger partial charge in [-0.05, 0) is 37.8 Å². The van der Waals surface area contributed by atoms with Crippen LogP contribution in [0.4, 0.5) is 0 Å². The Bertz CT molecular complexity index is 623. The number of hydrogen-bond donors (Lipinski definition) is 1. The fourth-order valence-electron chi connectivity index (χ4n) is 3.16. The van der Waals surface area contributed by atoms with Crippen LogP contribution in [-0.4, -0.2) is 44.7 Å². The monoisotopic (exact) mass is 287 g/mol. The van der Waals surface area contributed by atoms with Crippen LogP contribution in [0.1, 0.15) is 25.7 Å². The molecular weight excluding hydrogens is 266 g/mol. The van der Waals surface area contributed by atoms with E-state index in [2.05, 4.69) is 4.98 Å². The molecule has 5 nitrogen and oxygen atoms in total. The maximum absolute atomic E-state index is 12.5. The van der Waals surface area contributed by atoms with Crippen LogP contribution in [0.15, 0.2) is 30.6 Å². The number of likely N-dealkylation sites (tertiary alicyclic amines) is 1. The highest BCUT2D eigenvalue weighted by atomic mass is 16.3. The first-order valence-corrected chi connectivity index (χ1v) is 7.60. The van der Waals surface area contributed by atoms with E-state index in [1.807, 2.05) is 33.7 Å². The first-order chi connectivity index (χ1) is 10.3. The molecule has 1 aromatic heterocycles. The Morgan fingerprint density at radius 1 is 1.38 bits per heavy atom. The van der Waals surface area contributed by atoms with Gasteiger partial charge in [0.05, 0.1) is 17.4 Å². The second kappa shape index (κ2) is 6.26. The van der Waals surface area contributed by atoms with Crippen LogP contribution in [-0.2, 0) is 11.3 Å². The number of benzene rings is 1. The number of amides is 1. The SMILES string of the molecule is O=C(Cn1cnc2ccccc21)N1CCCC1CCCO. The molecule has 0 saturated carbocycles. The normalized spacial score (nSPS) is 18.5. The van der Waals surface area contributed by atoms with E-state index in [1.165, 1.54) is 0 Å². The highest BCUT2D eigenvalue weighted by Gasteiger charge is 2.28. The molecule has 2 aromatic rings. The summed E-state index contributed by atoms with van der Waals surface area (Å²) in [6, 6.07) is 8.15. The third-order valence-electron chi connectivity index (χ3n) is 4.23. The number of rotatable bonds is 5. The highest BCUT2D eigenvalue weighted by molar-refractivity contribution is 5.80. The van der Waals surface area contributed by atoms with Crippen LogP contribution in [0.25, 0.3) is 11.0 Å². The zero-order valence-electron chi connectivity index (χ0n) is 12.1. The molecule has 1 aliphatic rings. The molecule has 1 unspecified atom stereocenters. The number of fused-ring (bicyclic) bond motifs is 1. The number of aliphatic hydroxyl groups is 1. The van der Waals surface area contributed by atoms with E-state index in [-0.39, 0.29) is 12.5 Å². The van der Waals surface area contributed by atoms with E-state index in [4.69, 9.17) is 5.11 Å². The van der Waals surface area contributed by atoms with E-state index < -0.39 is 0 Å². The molecule has 1 atom stereocenters. The molecule has 1 fully saturated rings. The zero-order chi connectivity index (χ0) is 14.7. The number of imidazole rings is 1. The van der Waals surface area contributed by atoms with E-state index in [9.17, 15) is 4.79 Å². The average molecular weight is 287 g/mol. The van der Waals surface area contributed by atoms with Gasteiger partial charge in [0.1, 0.15) is 6.54 Å². The number of aliphatic hydroxyl groups excluding tert-OH is 1. The molecule has 1 N–H and O–H groups in total. The minimum Gasteiger partial charge on any atom is -0.396 e. The molecule has 21 heavy (non-hydrogen) atoms. The number of para-hydroxylation sites is 2. The van der Waals surface area contributed by atoms with Gasteiger partial charge in [0, 0.05) is 19.2 Å². The minimum absolute atomic E-state index is 0.151. The molecule has 1 amide bonds. The van der Waals surface area contributed by atoms with Crippen molar-refractivity contribution in [2.75, 3.05) is 13.2 Å². The Morgan fingerprint density at radius 3 is 3.10 bits per heavy atom. The molecular formula is C16H21N3O2. The van der Waals surface area contributed by atoms with Gasteiger partial charge in [0.25, 0.3) is 0 Å². The summed E-state index contributed by atoms with van der Waals surface area (Å²) in [5.41, 5.74) is 1.92. The van der Waals surface area contributed by atoms with Crippen LogP contribution < -0.4 is 0 Å². The molecule has 0 radical (unpaired) electrons. The van der Waals surface area contributed by atoms with Crippen LogP contribution >= 0.6 is 0 Å². The van der Waals surface area contributed by atoms with E-state index >= 15 is 0 Å². The van der Waals surface area contributed by atoms with Crippen LogP contribution in [0, 0.1) is 0 Å². The third kappa shape index (κ3) is 2.93. The number of carbonyl (C=O) groups is 1. The van der Waals surface area contributed by atoms with Crippen molar-refractivity contribution in [2.45, 2.75) is 38.3 Å². The summed E-state index contributed by atoms with van der Waals surface area (Å²) < 4.78 is 1.92. The van der Waals surface area contributed by atoms with Crippen molar-refractivity contribution in [1.82, 2.24) is 14.5 Å². The first-order valence-electron chi connectivity index (χ1n) is 7.60. The Morgan fingerprint density at radius 2 is 2.24 bits per heavy atom. The molecule has 0 spiro atoms. The maximum atomic E-state index is 12.5. The quantitative estimate of drug-likeness (QED) is 0.912. The van der Waals surface area contributed by atoms with E-state index in [1.54, 1.807) is 6.33 Å². The molecule has 5 heteroatoms. The first kappa shape index (κ1) is 14.1. The average Bonchev–Trinajstić information content (AvgIpc) is 3.12. The summed E-state index contributed by atoms with van der Waals surface area (Å²) in [6.45, 7) is 1.38. The topological polar surface area (TPSA) is 58.4 Å². The predicted molar refractivity (Wildman–Crippen MR) is 80.8 cm³/mol. The lowest BCUT2D eigenvalue weighted by Gasteiger charge is -2.24. The van der Waals surface area contributed by atoms with Crippen molar-refractivity contribution in [3.8, 4) is 0 Å². The Hall–Kier alpha value is -1.88. The second-order valence-electron chi connectivity index (χ2n) is 5.61. The largest absolute Gasteiger partial charge is 0.396 e. The smallest absolute Gasteiger partial charge is 0.242 e. The maximum Gasteiger partial charge on any atom is 0.242 e. The molecule has 112 valence electrons. The van der Waals surface area contributed by atoms with E-state index in [0.29, 0.717) is 12.6 Å². The van der Waals surface area contributed by atoms with Gasteiger partial charge in [-0.3, -0.25) is 4.79 Å². The van der Waals surface area contributed by atoms with Gasteiger partial charge in [0.15, 0.2) is 0 Å². The van der Waals surface area contributed by atoms with Crippen molar-refractivity contribution >= 4 is 16.9 Å². The molecule has 1 aromatic carbocycles. The standard InChI is InChI=1S/C16H21N3O2/c20-10-4-6-13-5-3-9-19(13)16(21)11-18-12-17-14-7-1-2-8-15(14)18/h1-2,7-8,12-13,20H,3-6,9-11H2. The van der Waals surface area contributed by atoms with Gasteiger partial charge in [-0.15, -0.1) is 0 Å². The van der Waals surface area contributed by atoms with Gasteiger partial charge < -0.3 is 14.6 Å². The van der Waals surface area contributed by atoms with Gasteiger partial charge in [-0.1, -0.05) is 12.1 Å². The number of aromatic nitrogens is 2. The van der Waals surface area contributed by atoms with Crippen molar-refractivity contribution in [3.05, 3.63) is 30.6 Å². The van der Waals surface area contributed by atoms with Crippen LogP contribution in [0.5, 0.6) is 0 Å². The number of hydrogen-bond acceptors (Lipinski definition) is 3. The summed E-state index contributed by atoms with van der Waals surface area (Å²) in [6.07, 6.45) is 5.51. The Balaban J connectivity index is 1.71. The Labute approximate surface area is 124 Å². The molecule has 1 saturated heterocycles. The minimum atomic E-state index is 0.151. The van der Waals surface area contributed by atoms with E-state index in [0.717, 1.165) is 43.3 Å². The van der Waals surface area contributed by atoms with Crippen LogP contribution in [0.2, 0.25) is 0 Å². The molecule has 0 aliphatic carbocycles. The predicted octanol–water partition coefficient (Wildman–Crippen LogP) is 1.80. The second-order valence-corrected chi connectivity index (χ2v) is 5.61.